The minimum absolute atomic E-state index is 0.0185. The number of sulfonamides is 2. The molecule has 1 aromatic rings. The Morgan fingerprint density at radius 1 is 1.22 bits per heavy atom. The van der Waals surface area contributed by atoms with Crippen LogP contribution in [-0.4, -0.2) is 51.2 Å². The smallest absolute Gasteiger partial charge is 0.281 e. The maximum Gasteiger partial charge on any atom is 0.281 e. The third-order valence-corrected chi connectivity index (χ3v) is 11.2. The number of rotatable bonds is 6. The van der Waals surface area contributed by atoms with Crippen LogP contribution in [0, 0.1) is 23.7 Å². The molecule has 32 heavy (non-hydrogen) atoms. The van der Waals surface area contributed by atoms with Gasteiger partial charge in [-0.3, -0.25) is 4.79 Å². The van der Waals surface area contributed by atoms with Crippen LogP contribution in [0.3, 0.4) is 0 Å². The van der Waals surface area contributed by atoms with Crippen LogP contribution < -0.4 is 4.72 Å². The number of hydrogen-bond acceptors (Lipinski definition) is 6. The first-order valence-electron chi connectivity index (χ1n) is 11.0. The number of fused-ring (bicyclic) bond motifs is 1. The normalized spacial score (nSPS) is 31.1. The monoisotopic (exact) mass is 484 g/mol. The third-order valence-electron chi connectivity index (χ3n) is 7.85. The zero-order valence-corrected chi connectivity index (χ0v) is 20.8. The molecule has 0 radical (unpaired) electrons. The zero-order chi connectivity index (χ0) is 23.7. The summed E-state index contributed by atoms with van der Waals surface area (Å²) < 4.78 is 61.3. The van der Waals surface area contributed by atoms with Crippen molar-refractivity contribution in [3.63, 3.8) is 0 Å². The fraction of sp³-hybridized carbons (Fsp3) is 0.682. The van der Waals surface area contributed by atoms with Crippen molar-refractivity contribution in [1.29, 1.82) is 0 Å². The lowest BCUT2D eigenvalue weighted by atomic mass is 9.69. The van der Waals surface area contributed by atoms with E-state index in [0.717, 1.165) is 22.7 Å². The minimum Gasteiger partial charge on any atom is -0.350 e. The fourth-order valence-electron chi connectivity index (χ4n) is 6.03. The highest BCUT2D eigenvalue weighted by atomic mass is 32.2. The Morgan fingerprint density at radius 2 is 1.84 bits per heavy atom. The maximum atomic E-state index is 13.6. The molecule has 4 atom stereocenters. The number of benzene rings is 1. The molecule has 1 aromatic carbocycles. The predicted molar refractivity (Wildman–Crippen MR) is 119 cm³/mol. The van der Waals surface area contributed by atoms with Gasteiger partial charge in [-0.2, -0.15) is 4.72 Å². The van der Waals surface area contributed by atoms with E-state index in [4.69, 9.17) is 4.74 Å². The lowest BCUT2D eigenvalue weighted by Crippen LogP contribution is -2.54. The Morgan fingerprint density at radius 3 is 2.41 bits per heavy atom. The van der Waals surface area contributed by atoms with Crippen molar-refractivity contribution < 1.29 is 26.4 Å². The fourth-order valence-corrected chi connectivity index (χ4v) is 9.64. The summed E-state index contributed by atoms with van der Waals surface area (Å²) in [6.07, 6.45) is 0.182. The number of ether oxygens (including phenoxy) is 1. The molecule has 3 fully saturated rings. The minimum atomic E-state index is -4.11. The predicted octanol–water partition coefficient (Wildman–Crippen LogP) is 2.39. The highest BCUT2D eigenvalue weighted by molar-refractivity contribution is 7.90. The van der Waals surface area contributed by atoms with E-state index in [9.17, 15) is 21.6 Å². The van der Waals surface area contributed by atoms with E-state index in [0.29, 0.717) is 12.3 Å². The van der Waals surface area contributed by atoms with Gasteiger partial charge in [-0.05, 0) is 63.5 Å². The molecule has 1 spiro atoms. The molecule has 2 saturated carbocycles. The van der Waals surface area contributed by atoms with Gasteiger partial charge < -0.3 is 4.74 Å². The molecule has 178 valence electrons. The lowest BCUT2D eigenvalue weighted by Gasteiger charge is -2.37. The van der Waals surface area contributed by atoms with Crippen molar-refractivity contribution in [2.24, 2.45) is 16.7 Å². The summed E-state index contributed by atoms with van der Waals surface area (Å²) in [6, 6.07) is 5.72. The first kappa shape index (κ1) is 23.7. The van der Waals surface area contributed by atoms with Crippen molar-refractivity contribution in [3.05, 3.63) is 29.8 Å². The molecule has 2 aliphatic carbocycles. The Bertz CT molecular complexity index is 1130. The Hall–Kier alpha value is -1.49. The second-order valence-corrected chi connectivity index (χ2v) is 13.8. The highest BCUT2D eigenvalue weighted by Gasteiger charge is 2.72. The van der Waals surface area contributed by atoms with E-state index < -0.39 is 49.7 Å². The molecule has 10 heteroatoms. The number of nitrogens with one attached hydrogen (secondary N) is 1. The van der Waals surface area contributed by atoms with Crippen LogP contribution in [0.2, 0.25) is 0 Å². The van der Waals surface area contributed by atoms with Gasteiger partial charge in [0, 0.05) is 5.41 Å². The number of amides is 1. The first-order valence-corrected chi connectivity index (χ1v) is 14.1. The summed E-state index contributed by atoms with van der Waals surface area (Å²) in [5.41, 5.74) is 0.197. The standard InChI is InChI=1S/C22H32N2O6S2/c1-14(2)30-19(23-32(28,29)17-8-6-15(3)7-9-17)20(25)24-18-12-16-10-11-22(18,21(16,4)5)13-31(24,26)27/h6-9,14,16,18-19,23H,10-13H2,1-5H3/t16-,18-,19-,22-/m1/s1. The summed E-state index contributed by atoms with van der Waals surface area (Å²) in [5, 5.41) is 0. The van der Waals surface area contributed by atoms with E-state index in [-0.39, 0.29) is 16.1 Å². The van der Waals surface area contributed by atoms with E-state index >= 15 is 0 Å². The molecule has 1 saturated heterocycles. The summed E-state index contributed by atoms with van der Waals surface area (Å²) in [5.74, 6) is -0.606. The highest BCUT2D eigenvalue weighted by Crippen LogP contribution is 2.70. The molecule has 0 unspecified atom stereocenters. The number of hydrogen-bond donors (Lipinski definition) is 1. The molecule has 1 aliphatic heterocycles. The topological polar surface area (TPSA) is 110 Å². The van der Waals surface area contributed by atoms with Gasteiger partial charge in [0.25, 0.3) is 5.91 Å². The van der Waals surface area contributed by atoms with E-state index in [1.54, 1.807) is 26.0 Å². The van der Waals surface area contributed by atoms with Gasteiger partial charge in [0.1, 0.15) is 0 Å². The van der Waals surface area contributed by atoms with Crippen LogP contribution in [0.5, 0.6) is 0 Å². The van der Waals surface area contributed by atoms with Gasteiger partial charge in [-0.15, -0.1) is 0 Å². The van der Waals surface area contributed by atoms with Gasteiger partial charge in [-0.25, -0.2) is 21.1 Å². The van der Waals surface area contributed by atoms with Gasteiger partial charge in [-0.1, -0.05) is 31.5 Å². The average molecular weight is 485 g/mol. The van der Waals surface area contributed by atoms with Gasteiger partial charge in [0.05, 0.1) is 22.8 Å². The number of carbonyl (C=O) groups is 1. The van der Waals surface area contributed by atoms with E-state index in [2.05, 4.69) is 18.6 Å². The Labute approximate surface area is 190 Å². The van der Waals surface area contributed by atoms with Gasteiger partial charge in [0.15, 0.2) is 0 Å². The molecule has 1 heterocycles. The molecular formula is C22H32N2O6S2. The summed E-state index contributed by atoms with van der Waals surface area (Å²) >= 11 is 0. The van der Waals surface area contributed by atoms with Crippen LogP contribution in [0.1, 0.15) is 52.5 Å². The molecule has 1 amide bonds. The van der Waals surface area contributed by atoms with Gasteiger partial charge >= 0.3 is 0 Å². The SMILES string of the molecule is Cc1ccc(S(=O)(=O)N[C@H](OC(C)C)C(=O)N2[C@@H]3C[C@H]4CC[C@]3(CS2(=O)=O)C4(C)C)cc1. The molecule has 3 aliphatic rings. The summed E-state index contributed by atoms with van der Waals surface area (Å²) in [7, 11) is -8.01. The van der Waals surface area contributed by atoms with Gasteiger partial charge in [0.2, 0.25) is 26.3 Å². The van der Waals surface area contributed by atoms with Crippen LogP contribution in [0.25, 0.3) is 0 Å². The van der Waals surface area contributed by atoms with E-state index in [1.807, 2.05) is 6.92 Å². The molecule has 8 nitrogen and oxygen atoms in total. The van der Waals surface area contributed by atoms with Crippen molar-refractivity contribution >= 4 is 26.0 Å². The van der Waals surface area contributed by atoms with Crippen LogP contribution >= 0.6 is 0 Å². The summed E-state index contributed by atoms with van der Waals surface area (Å²) in [4.78, 5) is 13.6. The molecule has 4 rings (SSSR count). The Balaban J connectivity index is 1.67. The van der Waals surface area contributed by atoms with E-state index in [1.165, 1.54) is 12.1 Å². The molecular weight excluding hydrogens is 452 g/mol. The second kappa shape index (κ2) is 7.51. The summed E-state index contributed by atoms with van der Waals surface area (Å²) in [6.45, 7) is 9.36. The van der Waals surface area contributed by atoms with Crippen molar-refractivity contribution in [1.82, 2.24) is 9.03 Å². The van der Waals surface area contributed by atoms with Crippen LogP contribution in [0.4, 0.5) is 0 Å². The van der Waals surface area contributed by atoms with Crippen molar-refractivity contribution in [2.45, 2.75) is 77.2 Å². The number of aryl methyl sites for hydroxylation is 1. The zero-order valence-electron chi connectivity index (χ0n) is 19.2. The Kier molecular flexibility index (Phi) is 5.55. The largest absolute Gasteiger partial charge is 0.350 e. The number of nitrogens with zero attached hydrogens (tertiary/aromatic N) is 1. The molecule has 2 bridgehead atoms. The lowest BCUT2D eigenvalue weighted by molar-refractivity contribution is -0.145. The average Bonchev–Trinajstić information content (AvgIpc) is 3.14. The maximum absolute atomic E-state index is 13.6. The first-order chi connectivity index (χ1) is 14.7. The van der Waals surface area contributed by atoms with Crippen LogP contribution in [-0.2, 0) is 29.6 Å². The molecule has 0 aromatic heterocycles. The van der Waals surface area contributed by atoms with Crippen molar-refractivity contribution in [2.75, 3.05) is 5.75 Å². The number of carbonyl (C=O) groups excluding carboxylic acids is 1. The third kappa shape index (κ3) is 3.50. The second-order valence-electron chi connectivity index (χ2n) is 10.3. The molecule has 1 N–H and O–H groups in total. The quantitative estimate of drug-likeness (QED) is 0.621. The van der Waals surface area contributed by atoms with Crippen molar-refractivity contribution in [3.8, 4) is 0 Å². The van der Waals surface area contributed by atoms with Crippen LogP contribution in [0.15, 0.2) is 29.2 Å².